The lowest BCUT2D eigenvalue weighted by molar-refractivity contribution is -0.0777. The molecule has 0 amide bonds. The molecule has 1 heterocycles. The van der Waals surface area contributed by atoms with Gasteiger partial charge in [0.05, 0.1) is 43.8 Å². The Kier molecular flexibility index (Phi) is 11.9. The molecule has 1 aliphatic carbocycles. The van der Waals surface area contributed by atoms with E-state index >= 15 is 0 Å². The number of rotatable bonds is 17. The van der Waals surface area contributed by atoms with Crippen molar-refractivity contribution in [3.05, 3.63) is 59.2 Å². The van der Waals surface area contributed by atoms with Crippen LogP contribution in [-0.4, -0.2) is 75.1 Å². The number of ether oxygens (including phenoxy) is 4. The lowest BCUT2D eigenvalue weighted by Gasteiger charge is -2.39. The van der Waals surface area contributed by atoms with Crippen LogP contribution in [0.25, 0.3) is 0 Å². The van der Waals surface area contributed by atoms with Gasteiger partial charge in [-0.3, -0.25) is 0 Å². The Morgan fingerprint density at radius 3 is 2.46 bits per heavy atom. The summed E-state index contributed by atoms with van der Waals surface area (Å²) < 4.78 is 23.7. The van der Waals surface area contributed by atoms with Crippen molar-refractivity contribution in [1.82, 2.24) is 5.32 Å². The predicted octanol–water partition coefficient (Wildman–Crippen LogP) is 4.20. The van der Waals surface area contributed by atoms with Gasteiger partial charge in [0.15, 0.2) is 0 Å². The smallest absolute Gasteiger partial charge is 0.138 e. The van der Waals surface area contributed by atoms with E-state index in [1.54, 1.807) is 13.2 Å². The Morgan fingerprint density at radius 1 is 1.00 bits per heavy atom. The SMILES string of the molecule is CC[C@@H](O)CO[C@@H]1CNC[C@H](OCc2ccc(O)c(NCCCOC)c2)[C@H]1c1ccc(COCC2CC2)cc1. The van der Waals surface area contributed by atoms with Gasteiger partial charge in [-0.05, 0) is 60.4 Å². The molecule has 0 unspecified atom stereocenters. The Bertz CT molecular complexity index is 984. The van der Waals surface area contributed by atoms with Crippen molar-refractivity contribution >= 4 is 5.69 Å². The number of phenols is 1. The largest absolute Gasteiger partial charge is 0.506 e. The molecule has 0 aromatic heterocycles. The lowest BCUT2D eigenvalue weighted by atomic mass is 9.85. The average Bonchev–Trinajstić information content (AvgIpc) is 3.79. The molecule has 8 heteroatoms. The van der Waals surface area contributed by atoms with E-state index in [2.05, 4.69) is 34.9 Å². The topological polar surface area (TPSA) is 101 Å². The number of aromatic hydroxyl groups is 1. The minimum absolute atomic E-state index is 0.0143. The molecule has 0 radical (unpaired) electrons. The fourth-order valence-corrected chi connectivity index (χ4v) is 4.89. The van der Waals surface area contributed by atoms with Crippen LogP contribution in [0.15, 0.2) is 42.5 Å². The van der Waals surface area contributed by atoms with Gasteiger partial charge >= 0.3 is 0 Å². The number of nitrogens with one attached hydrogen (secondary N) is 2. The van der Waals surface area contributed by atoms with E-state index in [9.17, 15) is 10.2 Å². The Balaban J connectivity index is 1.42. The summed E-state index contributed by atoms with van der Waals surface area (Å²) in [7, 11) is 1.68. The molecular formula is C31H46N2O6. The van der Waals surface area contributed by atoms with Crippen molar-refractivity contribution in [1.29, 1.82) is 0 Å². The van der Waals surface area contributed by atoms with Gasteiger partial charge in [0, 0.05) is 45.9 Å². The van der Waals surface area contributed by atoms with Crippen LogP contribution in [0, 0.1) is 5.92 Å². The fraction of sp³-hybridized carbons (Fsp3) is 0.613. The Labute approximate surface area is 233 Å². The van der Waals surface area contributed by atoms with Crippen molar-refractivity contribution in [2.24, 2.45) is 5.92 Å². The number of anilines is 1. The van der Waals surface area contributed by atoms with Crippen LogP contribution in [0.3, 0.4) is 0 Å². The third-order valence-corrected chi connectivity index (χ3v) is 7.52. The molecule has 1 aliphatic heterocycles. The summed E-state index contributed by atoms with van der Waals surface area (Å²) >= 11 is 0. The molecular weight excluding hydrogens is 496 g/mol. The summed E-state index contributed by atoms with van der Waals surface area (Å²) in [6.07, 6.45) is 3.37. The maximum atomic E-state index is 10.3. The van der Waals surface area contributed by atoms with Gasteiger partial charge < -0.3 is 39.8 Å². The van der Waals surface area contributed by atoms with Gasteiger partial charge in [-0.15, -0.1) is 0 Å². The van der Waals surface area contributed by atoms with Crippen LogP contribution in [0.5, 0.6) is 5.75 Å². The van der Waals surface area contributed by atoms with E-state index in [0.717, 1.165) is 30.1 Å². The van der Waals surface area contributed by atoms with E-state index in [-0.39, 0.29) is 23.9 Å². The second-order valence-corrected chi connectivity index (χ2v) is 10.8. The summed E-state index contributed by atoms with van der Waals surface area (Å²) in [5.74, 6) is 0.988. The van der Waals surface area contributed by atoms with E-state index in [1.165, 1.54) is 18.4 Å². The van der Waals surface area contributed by atoms with Crippen molar-refractivity contribution in [3.8, 4) is 5.75 Å². The quantitative estimate of drug-likeness (QED) is 0.174. The molecule has 2 aromatic rings. The summed E-state index contributed by atoms with van der Waals surface area (Å²) in [6.45, 7) is 6.93. The first kappa shape index (κ1) is 29.8. The minimum Gasteiger partial charge on any atom is -0.506 e. The van der Waals surface area contributed by atoms with Gasteiger partial charge in [0.25, 0.3) is 0 Å². The highest BCUT2D eigenvalue weighted by atomic mass is 16.5. The molecule has 4 atom stereocenters. The third kappa shape index (κ3) is 9.45. The lowest BCUT2D eigenvalue weighted by Crippen LogP contribution is -2.51. The number of piperidine rings is 1. The highest BCUT2D eigenvalue weighted by molar-refractivity contribution is 5.57. The van der Waals surface area contributed by atoms with Gasteiger partial charge in [-0.1, -0.05) is 37.3 Å². The molecule has 2 aliphatic rings. The Hall–Kier alpha value is -2.20. The first-order valence-corrected chi connectivity index (χ1v) is 14.4. The molecule has 0 bridgehead atoms. The van der Waals surface area contributed by atoms with E-state index in [0.29, 0.717) is 58.2 Å². The molecule has 39 heavy (non-hydrogen) atoms. The summed E-state index contributed by atoms with van der Waals surface area (Å²) in [6, 6.07) is 14.1. The summed E-state index contributed by atoms with van der Waals surface area (Å²) in [5, 5.41) is 27.2. The zero-order valence-electron chi connectivity index (χ0n) is 23.4. The van der Waals surface area contributed by atoms with Crippen molar-refractivity contribution < 1.29 is 29.2 Å². The van der Waals surface area contributed by atoms with Crippen LogP contribution in [-0.2, 0) is 32.2 Å². The fourth-order valence-electron chi connectivity index (χ4n) is 4.89. The number of aliphatic hydroxyl groups excluding tert-OH is 1. The number of hydrogen-bond acceptors (Lipinski definition) is 8. The second-order valence-electron chi connectivity index (χ2n) is 10.8. The maximum Gasteiger partial charge on any atom is 0.138 e. The molecule has 4 rings (SSSR count). The van der Waals surface area contributed by atoms with Crippen LogP contribution < -0.4 is 10.6 Å². The second kappa shape index (κ2) is 15.6. The number of phenolic OH excluding ortho intramolecular Hbond substituents is 1. The van der Waals surface area contributed by atoms with Gasteiger partial charge in [0.1, 0.15) is 5.75 Å². The van der Waals surface area contributed by atoms with Crippen LogP contribution >= 0.6 is 0 Å². The zero-order valence-corrected chi connectivity index (χ0v) is 23.4. The third-order valence-electron chi connectivity index (χ3n) is 7.52. The van der Waals surface area contributed by atoms with E-state index in [1.807, 2.05) is 19.1 Å². The monoisotopic (exact) mass is 542 g/mol. The molecule has 2 fully saturated rings. The molecule has 1 saturated heterocycles. The minimum atomic E-state index is -0.482. The van der Waals surface area contributed by atoms with Crippen molar-refractivity contribution in [2.75, 3.05) is 51.9 Å². The first-order chi connectivity index (χ1) is 19.1. The number of methoxy groups -OCH3 is 1. The number of hydrogen-bond donors (Lipinski definition) is 4. The van der Waals surface area contributed by atoms with Crippen molar-refractivity contribution in [2.45, 2.75) is 70.1 Å². The van der Waals surface area contributed by atoms with Crippen LogP contribution in [0.4, 0.5) is 5.69 Å². The first-order valence-electron chi connectivity index (χ1n) is 14.4. The van der Waals surface area contributed by atoms with Crippen LogP contribution in [0.1, 0.15) is 55.2 Å². The van der Waals surface area contributed by atoms with E-state index < -0.39 is 6.10 Å². The molecule has 1 saturated carbocycles. The molecule has 8 nitrogen and oxygen atoms in total. The normalized spacial score (nSPS) is 22.1. The number of aliphatic hydroxyl groups is 1. The van der Waals surface area contributed by atoms with Gasteiger partial charge in [-0.2, -0.15) is 0 Å². The highest BCUT2D eigenvalue weighted by Gasteiger charge is 2.36. The molecule has 0 spiro atoms. The zero-order chi connectivity index (χ0) is 27.5. The van der Waals surface area contributed by atoms with Crippen LogP contribution in [0.2, 0.25) is 0 Å². The Morgan fingerprint density at radius 2 is 1.74 bits per heavy atom. The van der Waals surface area contributed by atoms with Crippen molar-refractivity contribution in [3.63, 3.8) is 0 Å². The molecule has 2 aromatic carbocycles. The maximum absolute atomic E-state index is 10.3. The number of benzene rings is 2. The van der Waals surface area contributed by atoms with E-state index in [4.69, 9.17) is 18.9 Å². The molecule has 216 valence electrons. The molecule has 4 N–H and O–H groups in total. The standard InChI is InChI=1S/C31H46N2O6/c1-3-26(34)21-39-30-17-32-16-29(31(30)25-10-7-23(8-11-25)19-37-18-22-5-6-22)38-20-24-9-12-28(35)27(15-24)33-13-4-14-36-2/h7-12,15,22,26,29-35H,3-6,13-14,16-21H2,1-2H3/t26-,29+,30-,31-/m1/s1. The van der Waals surface area contributed by atoms with Gasteiger partial charge in [-0.25, -0.2) is 0 Å². The summed E-state index contributed by atoms with van der Waals surface area (Å²) in [4.78, 5) is 0. The highest BCUT2D eigenvalue weighted by Crippen LogP contribution is 2.33. The predicted molar refractivity (Wildman–Crippen MR) is 152 cm³/mol. The average molecular weight is 543 g/mol. The summed E-state index contributed by atoms with van der Waals surface area (Å²) in [5.41, 5.74) is 4.00. The van der Waals surface area contributed by atoms with Gasteiger partial charge in [0.2, 0.25) is 0 Å².